The fourth-order valence-electron chi connectivity index (χ4n) is 2.89. The van der Waals surface area contributed by atoms with Gasteiger partial charge in [0.05, 0.1) is 16.8 Å². The molecule has 0 fully saturated rings. The zero-order valence-electron chi connectivity index (χ0n) is 13.3. The summed E-state index contributed by atoms with van der Waals surface area (Å²) in [5.41, 5.74) is 1.79. The largest absolute Gasteiger partial charge is 0.491 e. The molecule has 1 aliphatic heterocycles. The molecule has 0 spiro atoms. The highest BCUT2D eigenvalue weighted by molar-refractivity contribution is 7.90. The van der Waals surface area contributed by atoms with Crippen molar-refractivity contribution < 1.29 is 17.9 Å². The van der Waals surface area contributed by atoms with E-state index >= 15 is 0 Å². The molecule has 2 aromatic carbocycles. The molecule has 0 bridgehead atoms. The van der Waals surface area contributed by atoms with E-state index in [1.54, 1.807) is 37.3 Å². The highest BCUT2D eigenvalue weighted by Crippen LogP contribution is 2.35. The van der Waals surface area contributed by atoms with Crippen molar-refractivity contribution in [2.45, 2.75) is 37.5 Å². The van der Waals surface area contributed by atoms with Crippen LogP contribution < -0.4 is 4.74 Å². The van der Waals surface area contributed by atoms with Gasteiger partial charge in [-0.15, -0.1) is 0 Å². The van der Waals surface area contributed by atoms with E-state index in [1.165, 1.54) is 6.07 Å². The standard InChI is InChI=1S/C18H18O4S/c1-11(2)22-15-8-5-7-13-14(15)10-23(20,21)16-9-4-6-12(3)17(16)18(13)19/h4-9,11H,10H2,1-3H3. The molecule has 0 saturated heterocycles. The summed E-state index contributed by atoms with van der Waals surface area (Å²) in [5.74, 6) is -0.0313. The van der Waals surface area contributed by atoms with Crippen LogP contribution in [0.1, 0.15) is 40.9 Å². The van der Waals surface area contributed by atoms with Crippen LogP contribution in [0.15, 0.2) is 41.3 Å². The highest BCUT2D eigenvalue weighted by atomic mass is 32.2. The lowest BCUT2D eigenvalue weighted by atomic mass is 9.96. The van der Waals surface area contributed by atoms with E-state index in [0.717, 1.165) is 0 Å². The lowest BCUT2D eigenvalue weighted by Gasteiger charge is -2.15. The summed E-state index contributed by atoms with van der Waals surface area (Å²) in [6, 6.07) is 10.0. The van der Waals surface area contributed by atoms with Gasteiger partial charge in [0.1, 0.15) is 5.75 Å². The molecule has 0 unspecified atom stereocenters. The topological polar surface area (TPSA) is 60.4 Å². The molecule has 0 aromatic heterocycles. The number of fused-ring (bicyclic) bond motifs is 2. The van der Waals surface area contributed by atoms with Crippen LogP contribution in [0.5, 0.6) is 5.75 Å². The van der Waals surface area contributed by atoms with Gasteiger partial charge in [0.2, 0.25) is 0 Å². The van der Waals surface area contributed by atoms with E-state index in [0.29, 0.717) is 22.4 Å². The molecule has 120 valence electrons. The Labute approximate surface area is 136 Å². The van der Waals surface area contributed by atoms with Crippen molar-refractivity contribution in [2.24, 2.45) is 0 Å². The van der Waals surface area contributed by atoms with Crippen LogP contribution in [-0.2, 0) is 15.6 Å². The second-order valence-corrected chi connectivity index (χ2v) is 7.94. The van der Waals surface area contributed by atoms with Crippen molar-refractivity contribution >= 4 is 15.6 Å². The van der Waals surface area contributed by atoms with Crippen molar-refractivity contribution in [3.05, 3.63) is 58.7 Å². The second kappa shape index (κ2) is 5.49. The lowest BCUT2D eigenvalue weighted by molar-refractivity contribution is 0.103. The summed E-state index contributed by atoms with van der Waals surface area (Å²) in [4.78, 5) is 13.1. The molecule has 0 radical (unpaired) electrons. The molecule has 3 rings (SSSR count). The maximum atomic E-state index is 13.0. The van der Waals surface area contributed by atoms with Crippen molar-refractivity contribution in [1.82, 2.24) is 0 Å². The van der Waals surface area contributed by atoms with E-state index in [1.807, 2.05) is 13.8 Å². The number of aryl methyl sites for hydroxylation is 1. The van der Waals surface area contributed by atoms with Gasteiger partial charge >= 0.3 is 0 Å². The molecule has 5 heteroatoms. The molecule has 0 N–H and O–H groups in total. The van der Waals surface area contributed by atoms with Gasteiger partial charge in [0.15, 0.2) is 15.6 Å². The molecule has 0 aliphatic carbocycles. The van der Waals surface area contributed by atoms with Crippen molar-refractivity contribution in [2.75, 3.05) is 0 Å². The van der Waals surface area contributed by atoms with Gasteiger partial charge < -0.3 is 4.74 Å². The highest BCUT2D eigenvalue weighted by Gasteiger charge is 2.33. The summed E-state index contributed by atoms with van der Waals surface area (Å²) < 4.78 is 31.3. The van der Waals surface area contributed by atoms with Gasteiger partial charge in [0.25, 0.3) is 0 Å². The van der Waals surface area contributed by atoms with Gasteiger partial charge in [-0.3, -0.25) is 4.79 Å². The van der Waals surface area contributed by atoms with E-state index in [2.05, 4.69) is 0 Å². The second-order valence-electron chi connectivity index (χ2n) is 5.99. The van der Waals surface area contributed by atoms with Crippen molar-refractivity contribution in [3.63, 3.8) is 0 Å². The predicted octanol–water partition coefficient (Wildman–Crippen LogP) is 3.30. The molecule has 0 amide bonds. The number of benzene rings is 2. The number of sulfone groups is 1. The average Bonchev–Trinajstić information content (AvgIpc) is 2.55. The maximum Gasteiger partial charge on any atom is 0.195 e. The monoisotopic (exact) mass is 330 g/mol. The minimum atomic E-state index is -3.61. The number of carbonyl (C=O) groups excluding carboxylic acids is 1. The quantitative estimate of drug-likeness (QED) is 0.847. The Morgan fingerprint density at radius 2 is 1.78 bits per heavy atom. The first-order valence-electron chi connectivity index (χ1n) is 7.47. The number of carbonyl (C=O) groups is 1. The maximum absolute atomic E-state index is 13.0. The summed E-state index contributed by atoms with van der Waals surface area (Å²) >= 11 is 0. The number of hydrogen-bond donors (Lipinski definition) is 0. The first kappa shape index (κ1) is 15.7. The van der Waals surface area contributed by atoms with Crippen LogP contribution in [0.3, 0.4) is 0 Å². The first-order chi connectivity index (χ1) is 10.8. The average molecular weight is 330 g/mol. The minimum absolute atomic E-state index is 0.105. The smallest absolute Gasteiger partial charge is 0.195 e. The van der Waals surface area contributed by atoms with E-state index in [-0.39, 0.29) is 28.1 Å². The van der Waals surface area contributed by atoms with Crippen molar-refractivity contribution in [3.8, 4) is 5.75 Å². The first-order valence-corrected chi connectivity index (χ1v) is 9.12. The summed E-state index contributed by atoms with van der Waals surface area (Å²) in [7, 11) is -3.61. The molecule has 1 aliphatic rings. The Bertz CT molecular complexity index is 895. The SMILES string of the molecule is Cc1cccc2c1C(=O)c1cccc(OC(C)C)c1CS2(=O)=O. The van der Waals surface area contributed by atoms with Gasteiger partial charge in [-0.05, 0) is 38.5 Å². The fourth-order valence-corrected chi connectivity index (χ4v) is 4.57. The minimum Gasteiger partial charge on any atom is -0.491 e. The van der Waals surface area contributed by atoms with Gasteiger partial charge in [-0.1, -0.05) is 24.3 Å². The zero-order valence-corrected chi connectivity index (χ0v) is 14.1. The van der Waals surface area contributed by atoms with E-state index in [4.69, 9.17) is 4.74 Å². The molecule has 2 aromatic rings. The fraction of sp³-hybridized carbons (Fsp3) is 0.278. The molecule has 1 heterocycles. The Kier molecular flexibility index (Phi) is 3.76. The van der Waals surface area contributed by atoms with Crippen LogP contribution in [0.2, 0.25) is 0 Å². The lowest BCUT2D eigenvalue weighted by Crippen LogP contribution is -2.11. The van der Waals surface area contributed by atoms with E-state index in [9.17, 15) is 13.2 Å². The predicted molar refractivity (Wildman–Crippen MR) is 87.7 cm³/mol. The number of rotatable bonds is 2. The number of hydrogen-bond acceptors (Lipinski definition) is 4. The van der Waals surface area contributed by atoms with Crippen LogP contribution in [0.25, 0.3) is 0 Å². The molecule has 4 nitrogen and oxygen atoms in total. The Morgan fingerprint density at radius 1 is 1.09 bits per heavy atom. The van der Waals surface area contributed by atoms with Crippen LogP contribution in [-0.4, -0.2) is 20.3 Å². The van der Waals surface area contributed by atoms with Gasteiger partial charge in [-0.2, -0.15) is 0 Å². The molecule has 0 atom stereocenters. The molecule has 0 saturated carbocycles. The Morgan fingerprint density at radius 3 is 2.48 bits per heavy atom. The zero-order chi connectivity index (χ0) is 16.8. The third kappa shape index (κ3) is 2.65. The summed E-state index contributed by atoms with van der Waals surface area (Å²) in [6.07, 6.45) is -0.105. The van der Waals surface area contributed by atoms with E-state index < -0.39 is 9.84 Å². The van der Waals surface area contributed by atoms with Gasteiger partial charge in [-0.25, -0.2) is 8.42 Å². The van der Waals surface area contributed by atoms with Crippen LogP contribution >= 0.6 is 0 Å². The van der Waals surface area contributed by atoms with Crippen LogP contribution in [0, 0.1) is 6.92 Å². The summed E-state index contributed by atoms with van der Waals surface area (Å²) in [6.45, 7) is 5.49. The Hall–Kier alpha value is -2.14. The number of ketones is 1. The van der Waals surface area contributed by atoms with Crippen LogP contribution in [0.4, 0.5) is 0 Å². The van der Waals surface area contributed by atoms with Crippen molar-refractivity contribution in [1.29, 1.82) is 0 Å². The summed E-state index contributed by atoms with van der Waals surface area (Å²) in [5, 5.41) is 0. The van der Waals surface area contributed by atoms with Gasteiger partial charge in [0, 0.05) is 16.7 Å². The normalized spacial score (nSPS) is 15.7. The molecule has 23 heavy (non-hydrogen) atoms. The third-order valence-corrected chi connectivity index (χ3v) is 5.55. The molecular formula is C18H18O4S. The number of ether oxygens (including phenoxy) is 1. The third-order valence-electron chi connectivity index (χ3n) is 3.87. The molecular weight excluding hydrogens is 312 g/mol. The Balaban J connectivity index is 2.32.